The van der Waals surface area contributed by atoms with Crippen LogP contribution in [0.15, 0.2) is 54.2 Å². The average molecular weight is 387 g/mol. The van der Waals surface area contributed by atoms with Gasteiger partial charge in [-0.05, 0) is 42.3 Å². The first-order valence-corrected chi connectivity index (χ1v) is 9.73. The molecule has 6 nitrogen and oxygen atoms in total. The third-order valence-corrected chi connectivity index (χ3v) is 5.67. The zero-order chi connectivity index (χ0) is 19.3. The van der Waals surface area contributed by atoms with Crippen LogP contribution in [0.3, 0.4) is 0 Å². The topological polar surface area (TPSA) is 75.6 Å². The van der Waals surface area contributed by atoms with Gasteiger partial charge in [0.15, 0.2) is 0 Å². The fourth-order valence-electron chi connectivity index (χ4n) is 3.52. The van der Waals surface area contributed by atoms with Crippen LogP contribution in [-0.4, -0.2) is 25.7 Å². The van der Waals surface area contributed by atoms with Crippen LogP contribution in [0.5, 0.6) is 0 Å². The SMILES string of the molecule is Cc1nc(C(=O)Nc2cc(-c3cccc4c3ccn4C)cc3[nH]ncc23)cs1. The Kier molecular flexibility index (Phi) is 3.77. The second-order valence-electron chi connectivity index (χ2n) is 6.73. The molecular weight excluding hydrogens is 370 g/mol. The first kappa shape index (κ1) is 16.7. The highest BCUT2D eigenvalue weighted by Crippen LogP contribution is 2.34. The van der Waals surface area contributed by atoms with Gasteiger partial charge in [0.05, 0.1) is 22.4 Å². The number of nitrogens with one attached hydrogen (secondary N) is 2. The zero-order valence-electron chi connectivity index (χ0n) is 15.4. The van der Waals surface area contributed by atoms with Crippen LogP contribution in [-0.2, 0) is 7.05 Å². The van der Waals surface area contributed by atoms with E-state index in [-0.39, 0.29) is 5.91 Å². The Bertz CT molecular complexity index is 1340. The lowest BCUT2D eigenvalue weighted by Gasteiger charge is -2.10. The number of hydrogen-bond donors (Lipinski definition) is 2. The maximum Gasteiger partial charge on any atom is 0.275 e. The Hall–Kier alpha value is -3.45. The minimum Gasteiger partial charge on any atom is -0.351 e. The molecule has 5 aromatic rings. The normalized spacial score (nSPS) is 11.4. The van der Waals surface area contributed by atoms with Gasteiger partial charge >= 0.3 is 0 Å². The molecule has 2 aromatic carbocycles. The Labute approximate surface area is 164 Å². The molecule has 0 saturated carbocycles. The summed E-state index contributed by atoms with van der Waals surface area (Å²) in [5.41, 5.74) is 5.29. The molecule has 0 radical (unpaired) electrons. The molecule has 0 unspecified atom stereocenters. The molecule has 3 aromatic heterocycles. The summed E-state index contributed by atoms with van der Waals surface area (Å²) in [4.78, 5) is 16.9. The molecule has 0 aliphatic rings. The van der Waals surface area contributed by atoms with Gasteiger partial charge in [-0.3, -0.25) is 9.89 Å². The second kappa shape index (κ2) is 6.31. The molecule has 0 atom stereocenters. The number of carbonyl (C=O) groups is 1. The van der Waals surface area contributed by atoms with Gasteiger partial charge in [0, 0.05) is 34.9 Å². The molecule has 0 aliphatic heterocycles. The van der Waals surface area contributed by atoms with Crippen LogP contribution in [0.25, 0.3) is 32.9 Å². The zero-order valence-corrected chi connectivity index (χ0v) is 16.2. The van der Waals surface area contributed by atoms with Crippen molar-refractivity contribution in [3.8, 4) is 11.1 Å². The molecule has 5 rings (SSSR count). The lowest BCUT2D eigenvalue weighted by molar-refractivity contribution is 0.102. The highest BCUT2D eigenvalue weighted by atomic mass is 32.1. The Morgan fingerprint density at radius 3 is 2.93 bits per heavy atom. The van der Waals surface area contributed by atoms with Crippen LogP contribution in [0.2, 0.25) is 0 Å². The van der Waals surface area contributed by atoms with Crippen molar-refractivity contribution in [2.24, 2.45) is 7.05 Å². The van der Waals surface area contributed by atoms with Crippen LogP contribution in [0.4, 0.5) is 5.69 Å². The van der Waals surface area contributed by atoms with E-state index in [1.807, 2.05) is 26.1 Å². The maximum absolute atomic E-state index is 12.7. The summed E-state index contributed by atoms with van der Waals surface area (Å²) < 4.78 is 2.10. The number of anilines is 1. The minimum atomic E-state index is -0.220. The monoisotopic (exact) mass is 387 g/mol. The number of carbonyl (C=O) groups excluding carboxylic acids is 1. The van der Waals surface area contributed by atoms with Crippen LogP contribution in [0.1, 0.15) is 15.5 Å². The van der Waals surface area contributed by atoms with Gasteiger partial charge < -0.3 is 9.88 Å². The van der Waals surface area contributed by atoms with Gasteiger partial charge in [-0.25, -0.2) is 4.98 Å². The van der Waals surface area contributed by atoms with Crippen molar-refractivity contribution in [1.82, 2.24) is 19.7 Å². The van der Waals surface area contributed by atoms with E-state index >= 15 is 0 Å². The smallest absolute Gasteiger partial charge is 0.275 e. The molecular formula is C21H17N5OS. The van der Waals surface area contributed by atoms with Crippen LogP contribution < -0.4 is 5.32 Å². The van der Waals surface area contributed by atoms with Crippen molar-refractivity contribution in [3.05, 3.63) is 64.9 Å². The van der Waals surface area contributed by atoms with Crippen molar-refractivity contribution >= 4 is 44.7 Å². The Morgan fingerprint density at radius 2 is 2.11 bits per heavy atom. The van der Waals surface area contributed by atoms with Gasteiger partial charge in [0.25, 0.3) is 5.91 Å². The number of hydrogen-bond acceptors (Lipinski definition) is 4. The van der Waals surface area contributed by atoms with E-state index < -0.39 is 0 Å². The van der Waals surface area contributed by atoms with Crippen LogP contribution >= 0.6 is 11.3 Å². The number of amides is 1. The van der Waals surface area contributed by atoms with E-state index in [9.17, 15) is 4.79 Å². The number of aromatic nitrogens is 4. The first-order chi connectivity index (χ1) is 13.6. The molecule has 3 heterocycles. The fraction of sp³-hybridized carbons (Fsp3) is 0.0952. The quantitative estimate of drug-likeness (QED) is 0.469. The van der Waals surface area contributed by atoms with Crippen LogP contribution in [0, 0.1) is 6.92 Å². The summed E-state index contributed by atoms with van der Waals surface area (Å²) >= 11 is 1.46. The molecule has 0 spiro atoms. The molecule has 7 heteroatoms. The van der Waals surface area contributed by atoms with Crippen molar-refractivity contribution in [3.63, 3.8) is 0 Å². The van der Waals surface area contributed by atoms with E-state index in [1.165, 1.54) is 11.3 Å². The number of H-pyrrole nitrogens is 1. The fourth-order valence-corrected chi connectivity index (χ4v) is 4.11. The third kappa shape index (κ3) is 2.68. The standard InChI is InChI=1S/C21H17N5OS/c1-12-23-19(11-28-12)21(27)24-17-8-13(9-18-16(17)10-22-25-18)14-4-3-5-20-15(14)6-7-26(20)2/h3-11H,1-2H3,(H,22,25)(H,24,27). The first-order valence-electron chi connectivity index (χ1n) is 8.85. The molecule has 28 heavy (non-hydrogen) atoms. The van der Waals surface area contributed by atoms with E-state index in [0.29, 0.717) is 11.4 Å². The van der Waals surface area contributed by atoms with Gasteiger partial charge in [0.2, 0.25) is 0 Å². The number of fused-ring (bicyclic) bond motifs is 2. The van der Waals surface area contributed by atoms with E-state index in [4.69, 9.17) is 0 Å². The van der Waals surface area contributed by atoms with E-state index in [2.05, 4.69) is 55.5 Å². The predicted molar refractivity (Wildman–Crippen MR) is 113 cm³/mol. The van der Waals surface area contributed by atoms with Crippen molar-refractivity contribution in [2.45, 2.75) is 6.92 Å². The largest absolute Gasteiger partial charge is 0.351 e. The molecule has 2 N–H and O–H groups in total. The lowest BCUT2D eigenvalue weighted by atomic mass is 9.99. The van der Waals surface area contributed by atoms with E-state index in [1.54, 1.807) is 11.6 Å². The number of benzene rings is 2. The summed E-state index contributed by atoms with van der Waals surface area (Å²) in [6.07, 6.45) is 3.78. The summed E-state index contributed by atoms with van der Waals surface area (Å²) in [6, 6.07) is 12.4. The Balaban J connectivity index is 1.64. The molecule has 0 fully saturated rings. The molecule has 138 valence electrons. The highest BCUT2D eigenvalue weighted by molar-refractivity contribution is 7.09. The summed E-state index contributed by atoms with van der Waals surface area (Å²) in [7, 11) is 2.03. The van der Waals surface area contributed by atoms with Gasteiger partial charge in [-0.2, -0.15) is 5.10 Å². The minimum absolute atomic E-state index is 0.220. The van der Waals surface area contributed by atoms with E-state index in [0.717, 1.165) is 37.9 Å². The number of aromatic amines is 1. The van der Waals surface area contributed by atoms with Gasteiger partial charge in [0.1, 0.15) is 5.69 Å². The summed E-state index contributed by atoms with van der Waals surface area (Å²) in [6.45, 7) is 1.89. The maximum atomic E-state index is 12.7. The van der Waals surface area contributed by atoms with Crippen molar-refractivity contribution in [2.75, 3.05) is 5.32 Å². The molecule has 1 amide bonds. The van der Waals surface area contributed by atoms with Crippen molar-refractivity contribution < 1.29 is 4.79 Å². The van der Waals surface area contributed by atoms with Gasteiger partial charge in [-0.1, -0.05) is 12.1 Å². The molecule has 0 bridgehead atoms. The second-order valence-corrected chi connectivity index (χ2v) is 7.79. The highest BCUT2D eigenvalue weighted by Gasteiger charge is 2.15. The average Bonchev–Trinajstić information content (AvgIpc) is 3.42. The summed E-state index contributed by atoms with van der Waals surface area (Å²) in [5, 5.41) is 14.8. The molecule has 0 saturated heterocycles. The molecule has 0 aliphatic carbocycles. The number of rotatable bonds is 3. The van der Waals surface area contributed by atoms with Gasteiger partial charge in [-0.15, -0.1) is 11.3 Å². The predicted octanol–water partition coefficient (Wildman–Crippen LogP) is 4.74. The third-order valence-electron chi connectivity index (χ3n) is 4.90. The summed E-state index contributed by atoms with van der Waals surface area (Å²) in [5.74, 6) is -0.220. The lowest BCUT2D eigenvalue weighted by Crippen LogP contribution is -2.12. The number of nitrogens with zero attached hydrogens (tertiary/aromatic N) is 3. The number of aryl methyl sites for hydroxylation is 2. The Morgan fingerprint density at radius 1 is 1.21 bits per heavy atom. The van der Waals surface area contributed by atoms with Crippen molar-refractivity contribution in [1.29, 1.82) is 0 Å². The number of thiazole rings is 1.